The van der Waals surface area contributed by atoms with Crippen molar-refractivity contribution in [2.45, 2.75) is 71.1 Å². The standard InChI is InChI=1S/C18H28O3/c1-2-3-4-5-13-6-7-14(10-13)11-16-12-15(18(20)21)8-9-17(16)19/h12-14,16H,2-11H2,1H3,(H,20,21). The summed E-state index contributed by atoms with van der Waals surface area (Å²) in [5.41, 5.74) is 0.442. The minimum absolute atomic E-state index is 0.135. The largest absolute Gasteiger partial charge is 0.478 e. The van der Waals surface area contributed by atoms with E-state index in [1.807, 2.05) is 0 Å². The Balaban J connectivity index is 1.83. The van der Waals surface area contributed by atoms with Crippen LogP contribution in [-0.2, 0) is 9.59 Å². The highest BCUT2D eigenvalue weighted by Crippen LogP contribution is 2.39. The summed E-state index contributed by atoms with van der Waals surface area (Å²) in [7, 11) is 0. The number of carbonyl (C=O) groups is 2. The molecule has 0 aliphatic heterocycles. The average molecular weight is 292 g/mol. The van der Waals surface area contributed by atoms with Crippen LogP contribution in [0.4, 0.5) is 0 Å². The lowest BCUT2D eigenvalue weighted by molar-refractivity contribution is -0.133. The molecule has 3 atom stereocenters. The fourth-order valence-electron chi connectivity index (χ4n) is 3.94. The fourth-order valence-corrected chi connectivity index (χ4v) is 3.94. The van der Waals surface area contributed by atoms with Gasteiger partial charge >= 0.3 is 5.97 Å². The van der Waals surface area contributed by atoms with Crippen molar-refractivity contribution in [1.29, 1.82) is 0 Å². The molecule has 118 valence electrons. The number of hydrogen-bond donors (Lipinski definition) is 1. The second-order valence-corrected chi connectivity index (χ2v) is 6.85. The zero-order valence-corrected chi connectivity index (χ0v) is 13.1. The van der Waals surface area contributed by atoms with Gasteiger partial charge in [0.05, 0.1) is 0 Å². The highest BCUT2D eigenvalue weighted by atomic mass is 16.4. The van der Waals surface area contributed by atoms with Crippen LogP contribution in [0.2, 0.25) is 0 Å². The van der Waals surface area contributed by atoms with Crippen molar-refractivity contribution in [2.75, 3.05) is 0 Å². The number of Topliss-reactive ketones (excluding diaryl/α,β-unsaturated/α-hetero) is 1. The van der Waals surface area contributed by atoms with E-state index in [-0.39, 0.29) is 11.7 Å². The first-order valence-corrected chi connectivity index (χ1v) is 8.56. The summed E-state index contributed by atoms with van der Waals surface area (Å²) in [5, 5.41) is 9.09. The van der Waals surface area contributed by atoms with Gasteiger partial charge in [-0.3, -0.25) is 4.79 Å². The second-order valence-electron chi connectivity index (χ2n) is 6.85. The maximum atomic E-state index is 12.0. The van der Waals surface area contributed by atoms with Crippen molar-refractivity contribution in [3.63, 3.8) is 0 Å². The molecule has 0 bridgehead atoms. The summed E-state index contributed by atoms with van der Waals surface area (Å²) in [5.74, 6) is 0.716. The number of unbranched alkanes of at least 4 members (excludes halogenated alkanes) is 2. The number of allylic oxidation sites excluding steroid dienone is 1. The van der Waals surface area contributed by atoms with Crippen LogP contribution in [-0.4, -0.2) is 16.9 Å². The van der Waals surface area contributed by atoms with E-state index in [4.69, 9.17) is 5.11 Å². The van der Waals surface area contributed by atoms with E-state index in [9.17, 15) is 9.59 Å². The molecule has 1 N–H and O–H groups in total. The van der Waals surface area contributed by atoms with Gasteiger partial charge in [0.2, 0.25) is 0 Å². The van der Waals surface area contributed by atoms with Crippen LogP contribution in [0.15, 0.2) is 11.6 Å². The lowest BCUT2D eigenvalue weighted by Crippen LogP contribution is -2.22. The number of ketones is 1. The van der Waals surface area contributed by atoms with Gasteiger partial charge in [0, 0.05) is 17.9 Å². The van der Waals surface area contributed by atoms with Crippen LogP contribution < -0.4 is 0 Å². The molecule has 0 aromatic rings. The van der Waals surface area contributed by atoms with Gasteiger partial charge in [-0.15, -0.1) is 0 Å². The quantitative estimate of drug-likeness (QED) is 0.709. The number of carboxylic acid groups (broad SMARTS) is 1. The monoisotopic (exact) mass is 292 g/mol. The lowest BCUT2D eigenvalue weighted by Gasteiger charge is -2.21. The number of hydrogen-bond acceptors (Lipinski definition) is 2. The van der Waals surface area contributed by atoms with E-state index in [0.717, 1.165) is 12.3 Å². The number of aliphatic carboxylic acids is 1. The second kappa shape index (κ2) is 7.77. The minimum atomic E-state index is -0.851. The van der Waals surface area contributed by atoms with Crippen LogP contribution in [0.3, 0.4) is 0 Å². The fraction of sp³-hybridized carbons (Fsp3) is 0.778. The van der Waals surface area contributed by atoms with Gasteiger partial charge in [-0.05, 0) is 31.1 Å². The van der Waals surface area contributed by atoms with Crippen molar-refractivity contribution >= 4 is 11.8 Å². The van der Waals surface area contributed by atoms with Crippen molar-refractivity contribution in [1.82, 2.24) is 0 Å². The molecule has 0 heterocycles. The van der Waals surface area contributed by atoms with E-state index in [2.05, 4.69) is 6.92 Å². The molecule has 1 saturated carbocycles. The van der Waals surface area contributed by atoms with Gasteiger partial charge in [-0.1, -0.05) is 51.5 Å². The van der Waals surface area contributed by atoms with Gasteiger partial charge in [0.15, 0.2) is 0 Å². The maximum Gasteiger partial charge on any atom is 0.331 e. The smallest absolute Gasteiger partial charge is 0.331 e. The van der Waals surface area contributed by atoms with Gasteiger partial charge < -0.3 is 5.11 Å². The molecule has 21 heavy (non-hydrogen) atoms. The highest BCUT2D eigenvalue weighted by molar-refractivity contribution is 5.93. The molecule has 0 aromatic carbocycles. The third-order valence-corrected chi connectivity index (χ3v) is 5.18. The SMILES string of the molecule is CCCCCC1CCC(CC2C=C(C(=O)O)CCC2=O)C1. The van der Waals surface area contributed by atoms with E-state index in [0.29, 0.717) is 24.3 Å². The summed E-state index contributed by atoms with van der Waals surface area (Å²) in [4.78, 5) is 23.1. The van der Waals surface area contributed by atoms with Crippen LogP contribution in [0.5, 0.6) is 0 Å². The topological polar surface area (TPSA) is 54.4 Å². The lowest BCUT2D eigenvalue weighted by atomic mass is 9.82. The molecule has 3 unspecified atom stereocenters. The normalized spacial score (nSPS) is 29.5. The zero-order chi connectivity index (χ0) is 15.2. The molecule has 2 aliphatic carbocycles. The molecule has 0 spiro atoms. The first-order valence-electron chi connectivity index (χ1n) is 8.56. The minimum Gasteiger partial charge on any atom is -0.478 e. The Morgan fingerprint density at radius 2 is 2.00 bits per heavy atom. The Hall–Kier alpha value is -1.12. The maximum absolute atomic E-state index is 12.0. The molecule has 0 saturated heterocycles. The van der Waals surface area contributed by atoms with Crippen molar-refractivity contribution < 1.29 is 14.7 Å². The molecule has 0 radical (unpaired) electrons. The van der Waals surface area contributed by atoms with Crippen LogP contribution in [0.1, 0.15) is 71.1 Å². The van der Waals surface area contributed by atoms with Crippen molar-refractivity contribution in [3.05, 3.63) is 11.6 Å². The first-order chi connectivity index (χ1) is 10.1. The summed E-state index contributed by atoms with van der Waals surface area (Å²) >= 11 is 0. The van der Waals surface area contributed by atoms with Crippen molar-refractivity contribution in [3.8, 4) is 0 Å². The third-order valence-electron chi connectivity index (χ3n) is 5.18. The average Bonchev–Trinajstić information content (AvgIpc) is 2.89. The number of rotatable bonds is 7. The Bertz CT molecular complexity index is 411. The van der Waals surface area contributed by atoms with Crippen LogP contribution >= 0.6 is 0 Å². The zero-order valence-electron chi connectivity index (χ0n) is 13.1. The summed E-state index contributed by atoms with van der Waals surface area (Å²) in [6, 6.07) is 0. The Kier molecular flexibility index (Phi) is 6.01. The molecule has 3 heteroatoms. The molecule has 0 aromatic heterocycles. The molecule has 2 aliphatic rings. The Morgan fingerprint density at radius 3 is 2.71 bits per heavy atom. The predicted octanol–water partition coefficient (Wildman–Crippen LogP) is 4.36. The molecular formula is C18H28O3. The first kappa shape index (κ1) is 16.3. The third kappa shape index (κ3) is 4.69. The van der Waals surface area contributed by atoms with E-state index in [1.165, 1.54) is 44.9 Å². The van der Waals surface area contributed by atoms with E-state index >= 15 is 0 Å². The molecule has 1 fully saturated rings. The molecule has 0 amide bonds. The van der Waals surface area contributed by atoms with Crippen LogP contribution in [0.25, 0.3) is 0 Å². The summed E-state index contributed by atoms with van der Waals surface area (Å²) in [6.07, 6.45) is 12.5. The summed E-state index contributed by atoms with van der Waals surface area (Å²) < 4.78 is 0. The van der Waals surface area contributed by atoms with Crippen LogP contribution in [0, 0.1) is 17.8 Å². The predicted molar refractivity (Wildman–Crippen MR) is 83.0 cm³/mol. The van der Waals surface area contributed by atoms with Gasteiger partial charge in [0.1, 0.15) is 5.78 Å². The summed E-state index contributed by atoms with van der Waals surface area (Å²) in [6.45, 7) is 2.23. The molecular weight excluding hydrogens is 264 g/mol. The van der Waals surface area contributed by atoms with E-state index < -0.39 is 5.97 Å². The Morgan fingerprint density at radius 1 is 1.24 bits per heavy atom. The van der Waals surface area contributed by atoms with E-state index in [1.54, 1.807) is 6.08 Å². The Labute approximate surface area is 127 Å². The van der Waals surface area contributed by atoms with Crippen molar-refractivity contribution in [2.24, 2.45) is 17.8 Å². The number of carbonyl (C=O) groups excluding carboxylic acids is 1. The molecule has 3 nitrogen and oxygen atoms in total. The van der Waals surface area contributed by atoms with Gasteiger partial charge in [0.25, 0.3) is 0 Å². The van der Waals surface area contributed by atoms with Gasteiger partial charge in [-0.25, -0.2) is 4.79 Å². The molecule has 2 rings (SSSR count). The highest BCUT2D eigenvalue weighted by Gasteiger charge is 2.31. The number of carboxylic acids is 1. The van der Waals surface area contributed by atoms with Gasteiger partial charge in [-0.2, -0.15) is 0 Å².